The van der Waals surface area contributed by atoms with E-state index in [9.17, 15) is 14.4 Å². The predicted molar refractivity (Wildman–Crippen MR) is 140 cm³/mol. The number of nitrogens with zero attached hydrogens (tertiary/aromatic N) is 1. The first-order valence-corrected chi connectivity index (χ1v) is 11.8. The van der Waals surface area contributed by atoms with Crippen LogP contribution in [-0.2, 0) is 9.59 Å². The summed E-state index contributed by atoms with van der Waals surface area (Å²) in [5.74, 6) is -1.07. The highest BCUT2D eigenvalue weighted by Gasteiger charge is 2.15. The van der Waals surface area contributed by atoms with Crippen LogP contribution in [0.15, 0.2) is 71.8 Å². The molecule has 192 valence electrons. The molecule has 9 heteroatoms. The Balaban J connectivity index is 1.60. The molecule has 0 unspecified atom stereocenters. The standard InChI is InChI=1S/C28H29N3O6/c1-4-16-36-23-13-9-21(10-14-23)28(34)37-24-15-8-20(17-25(24)35-5-2)18-29-31-27(33)26(32)30-22-11-6-19(3)7-12-22/h6-15,17-18H,4-5,16H2,1-3H3,(H,30,32)(H,31,33)/b29-18+. The normalized spacial score (nSPS) is 10.6. The van der Waals surface area contributed by atoms with Crippen molar-refractivity contribution < 1.29 is 28.6 Å². The van der Waals surface area contributed by atoms with Crippen molar-refractivity contribution in [1.29, 1.82) is 0 Å². The smallest absolute Gasteiger partial charge is 0.343 e. The van der Waals surface area contributed by atoms with Gasteiger partial charge in [0.15, 0.2) is 11.5 Å². The highest BCUT2D eigenvalue weighted by atomic mass is 16.6. The number of hydrogen-bond donors (Lipinski definition) is 2. The fourth-order valence-electron chi connectivity index (χ4n) is 3.06. The Bertz CT molecular complexity index is 1250. The zero-order valence-corrected chi connectivity index (χ0v) is 20.9. The van der Waals surface area contributed by atoms with E-state index >= 15 is 0 Å². The van der Waals surface area contributed by atoms with Crippen LogP contribution in [0.2, 0.25) is 0 Å². The second kappa shape index (κ2) is 13.4. The molecule has 0 aliphatic rings. The number of esters is 1. The lowest BCUT2D eigenvalue weighted by Crippen LogP contribution is -2.32. The number of carbonyl (C=O) groups is 3. The molecule has 0 saturated carbocycles. The number of ether oxygens (including phenoxy) is 3. The molecule has 0 fully saturated rings. The second-order valence-corrected chi connectivity index (χ2v) is 7.92. The SMILES string of the molecule is CCCOc1ccc(C(=O)Oc2ccc(/C=N/NC(=O)C(=O)Nc3ccc(C)cc3)cc2OCC)cc1. The maximum Gasteiger partial charge on any atom is 0.343 e. The molecule has 0 aromatic heterocycles. The number of hydrazone groups is 1. The van der Waals surface area contributed by atoms with Gasteiger partial charge in [-0.05, 0) is 80.4 Å². The number of carbonyl (C=O) groups excluding carboxylic acids is 3. The molecule has 0 aliphatic carbocycles. The average Bonchev–Trinajstić information content (AvgIpc) is 2.90. The van der Waals surface area contributed by atoms with Crippen LogP contribution in [0.5, 0.6) is 17.2 Å². The Morgan fingerprint density at radius 3 is 2.27 bits per heavy atom. The number of hydrogen-bond acceptors (Lipinski definition) is 7. The summed E-state index contributed by atoms with van der Waals surface area (Å²) in [7, 11) is 0. The highest BCUT2D eigenvalue weighted by molar-refractivity contribution is 6.39. The predicted octanol–water partition coefficient (Wildman–Crippen LogP) is 4.49. The molecule has 2 amide bonds. The van der Waals surface area contributed by atoms with Crippen molar-refractivity contribution in [3.63, 3.8) is 0 Å². The minimum atomic E-state index is -0.918. The lowest BCUT2D eigenvalue weighted by molar-refractivity contribution is -0.136. The average molecular weight is 504 g/mol. The third kappa shape index (κ3) is 8.21. The largest absolute Gasteiger partial charge is 0.494 e. The van der Waals surface area contributed by atoms with Gasteiger partial charge in [0.05, 0.1) is 25.0 Å². The summed E-state index contributed by atoms with van der Waals surface area (Å²) in [5, 5.41) is 6.32. The quantitative estimate of drug-likeness (QED) is 0.138. The van der Waals surface area contributed by atoms with Crippen molar-refractivity contribution >= 4 is 29.7 Å². The zero-order chi connectivity index (χ0) is 26.6. The van der Waals surface area contributed by atoms with Crippen LogP contribution in [0.25, 0.3) is 0 Å². The van der Waals surface area contributed by atoms with Crippen molar-refractivity contribution in [2.75, 3.05) is 18.5 Å². The maximum absolute atomic E-state index is 12.6. The van der Waals surface area contributed by atoms with Gasteiger partial charge in [0.2, 0.25) is 0 Å². The lowest BCUT2D eigenvalue weighted by atomic mass is 10.2. The molecule has 3 rings (SSSR count). The van der Waals surface area contributed by atoms with Gasteiger partial charge in [-0.2, -0.15) is 5.10 Å². The van der Waals surface area contributed by atoms with Gasteiger partial charge in [-0.3, -0.25) is 9.59 Å². The summed E-state index contributed by atoms with van der Waals surface area (Å²) >= 11 is 0. The zero-order valence-electron chi connectivity index (χ0n) is 20.9. The fraction of sp³-hybridized carbons (Fsp3) is 0.214. The van der Waals surface area contributed by atoms with E-state index in [1.165, 1.54) is 6.21 Å². The minimum absolute atomic E-state index is 0.233. The first-order valence-electron chi connectivity index (χ1n) is 11.8. The molecular formula is C28H29N3O6. The Morgan fingerprint density at radius 1 is 0.865 bits per heavy atom. The molecule has 3 aromatic rings. The van der Waals surface area contributed by atoms with Crippen molar-refractivity contribution in [2.45, 2.75) is 27.2 Å². The summed E-state index contributed by atoms with van der Waals surface area (Å²) in [6.07, 6.45) is 2.24. The van der Waals surface area contributed by atoms with Gasteiger partial charge in [-0.1, -0.05) is 24.6 Å². The van der Waals surface area contributed by atoms with Crippen molar-refractivity contribution in [1.82, 2.24) is 5.43 Å². The second-order valence-electron chi connectivity index (χ2n) is 7.92. The molecule has 9 nitrogen and oxygen atoms in total. The number of aryl methyl sites for hydroxylation is 1. The van der Waals surface area contributed by atoms with E-state index in [0.717, 1.165) is 12.0 Å². The molecule has 0 saturated heterocycles. The molecular weight excluding hydrogens is 474 g/mol. The molecule has 0 heterocycles. The Kier molecular flexibility index (Phi) is 9.78. The first kappa shape index (κ1) is 26.9. The summed E-state index contributed by atoms with van der Waals surface area (Å²) in [6.45, 7) is 6.67. The van der Waals surface area contributed by atoms with Crippen LogP contribution in [0, 0.1) is 6.92 Å². The molecule has 0 spiro atoms. The minimum Gasteiger partial charge on any atom is -0.494 e. The molecule has 3 aromatic carbocycles. The molecule has 0 bridgehead atoms. The van der Waals surface area contributed by atoms with Gasteiger partial charge in [0.1, 0.15) is 5.75 Å². The molecule has 0 atom stereocenters. The van der Waals surface area contributed by atoms with E-state index < -0.39 is 17.8 Å². The number of amides is 2. The van der Waals surface area contributed by atoms with Crippen molar-refractivity contribution in [3.05, 3.63) is 83.4 Å². The molecule has 37 heavy (non-hydrogen) atoms. The third-order valence-electron chi connectivity index (χ3n) is 4.93. The Hall–Kier alpha value is -4.66. The summed E-state index contributed by atoms with van der Waals surface area (Å²) in [6, 6.07) is 18.5. The van der Waals surface area contributed by atoms with Crippen molar-refractivity contribution in [3.8, 4) is 17.2 Å². The van der Waals surface area contributed by atoms with E-state index in [2.05, 4.69) is 15.8 Å². The van der Waals surface area contributed by atoms with Crippen LogP contribution in [0.3, 0.4) is 0 Å². The first-order chi connectivity index (χ1) is 17.9. The van der Waals surface area contributed by atoms with Gasteiger partial charge >= 0.3 is 17.8 Å². The summed E-state index contributed by atoms with van der Waals surface area (Å²) in [4.78, 5) is 36.7. The number of anilines is 1. The number of rotatable bonds is 10. The van der Waals surface area contributed by atoms with Gasteiger partial charge in [0, 0.05) is 5.69 Å². The summed E-state index contributed by atoms with van der Waals surface area (Å²) in [5.41, 5.74) is 4.64. The van der Waals surface area contributed by atoms with Crippen LogP contribution >= 0.6 is 0 Å². The van der Waals surface area contributed by atoms with Gasteiger partial charge in [0.25, 0.3) is 0 Å². The fourth-order valence-corrected chi connectivity index (χ4v) is 3.06. The number of benzene rings is 3. The van der Waals surface area contributed by atoms with Gasteiger partial charge < -0.3 is 19.5 Å². The molecule has 2 N–H and O–H groups in total. The highest BCUT2D eigenvalue weighted by Crippen LogP contribution is 2.29. The topological polar surface area (TPSA) is 115 Å². The van der Waals surface area contributed by atoms with Crippen LogP contribution in [-0.4, -0.2) is 37.2 Å². The molecule has 0 radical (unpaired) electrons. The van der Waals surface area contributed by atoms with Crippen LogP contribution < -0.4 is 25.0 Å². The van der Waals surface area contributed by atoms with E-state index in [0.29, 0.717) is 41.5 Å². The van der Waals surface area contributed by atoms with Gasteiger partial charge in [-0.15, -0.1) is 0 Å². The third-order valence-corrected chi connectivity index (χ3v) is 4.93. The Labute approximate surface area is 215 Å². The van der Waals surface area contributed by atoms with Gasteiger partial charge in [-0.25, -0.2) is 10.2 Å². The molecule has 0 aliphatic heterocycles. The lowest BCUT2D eigenvalue weighted by Gasteiger charge is -2.12. The van der Waals surface area contributed by atoms with E-state index in [-0.39, 0.29) is 5.75 Å². The van der Waals surface area contributed by atoms with E-state index in [1.807, 2.05) is 26.0 Å². The van der Waals surface area contributed by atoms with Crippen LogP contribution in [0.4, 0.5) is 5.69 Å². The number of nitrogens with one attached hydrogen (secondary N) is 2. The van der Waals surface area contributed by atoms with E-state index in [1.54, 1.807) is 61.5 Å². The van der Waals surface area contributed by atoms with Crippen molar-refractivity contribution in [2.24, 2.45) is 5.10 Å². The maximum atomic E-state index is 12.6. The Morgan fingerprint density at radius 2 is 1.59 bits per heavy atom. The summed E-state index contributed by atoms with van der Waals surface area (Å²) < 4.78 is 16.7. The van der Waals surface area contributed by atoms with E-state index in [4.69, 9.17) is 14.2 Å². The monoisotopic (exact) mass is 503 g/mol. The van der Waals surface area contributed by atoms with Crippen LogP contribution in [0.1, 0.15) is 41.8 Å².